The Bertz CT molecular complexity index is 727. The monoisotopic (exact) mass is 528 g/mol. The zero-order valence-electron chi connectivity index (χ0n) is 23.1. The Hall–Kier alpha value is -0.770. The van der Waals surface area contributed by atoms with Crippen molar-refractivity contribution >= 4 is 5.97 Å². The Morgan fingerprint density at radius 1 is 0.946 bits per heavy atom. The number of rotatable bonds is 11. The summed E-state index contributed by atoms with van der Waals surface area (Å²) in [5, 5.41) is 0. The van der Waals surface area contributed by atoms with Gasteiger partial charge in [0.05, 0.1) is 32.0 Å². The molecule has 1 heterocycles. The van der Waals surface area contributed by atoms with E-state index >= 15 is 0 Å². The van der Waals surface area contributed by atoms with Gasteiger partial charge in [-0.15, -0.1) is 0 Å². The summed E-state index contributed by atoms with van der Waals surface area (Å²) >= 11 is 0. The van der Waals surface area contributed by atoms with E-state index in [0.717, 1.165) is 48.9 Å². The van der Waals surface area contributed by atoms with Crippen molar-refractivity contribution in [3.05, 3.63) is 0 Å². The van der Waals surface area contributed by atoms with Gasteiger partial charge < -0.3 is 33.2 Å². The average Bonchev–Trinajstić information content (AvgIpc) is 3.65. The van der Waals surface area contributed by atoms with Crippen molar-refractivity contribution in [2.45, 2.75) is 97.9 Å². The molecule has 0 aromatic heterocycles. The van der Waals surface area contributed by atoms with E-state index < -0.39 is 11.2 Å². The lowest BCUT2D eigenvalue weighted by atomic mass is 9.45. The molecule has 5 fully saturated rings. The minimum atomic E-state index is -0.893. The maximum absolute atomic E-state index is 12.4. The van der Waals surface area contributed by atoms with Crippen molar-refractivity contribution in [2.24, 2.45) is 28.6 Å². The summed E-state index contributed by atoms with van der Waals surface area (Å²) < 4.78 is 38.7. The van der Waals surface area contributed by atoms with Gasteiger partial charge in [0.25, 0.3) is 0 Å². The van der Waals surface area contributed by atoms with Gasteiger partial charge in [-0.05, 0) is 69.6 Å². The number of esters is 1. The summed E-state index contributed by atoms with van der Waals surface area (Å²) in [6.07, 6.45) is 9.41. The molecule has 0 aromatic carbocycles. The van der Waals surface area contributed by atoms with Crippen LogP contribution in [0.2, 0.25) is 0 Å². The minimum Gasteiger partial charge on any atom is -0.465 e. The first-order valence-electron chi connectivity index (χ1n) is 14.1. The molecule has 2 spiro atoms. The van der Waals surface area contributed by atoms with E-state index in [1.165, 1.54) is 25.7 Å². The molecule has 0 bridgehead atoms. The molecule has 1 saturated heterocycles. The van der Waals surface area contributed by atoms with Crippen molar-refractivity contribution in [1.82, 2.24) is 0 Å². The molecule has 0 aromatic rings. The molecular weight excluding hydrogens is 476 g/mol. The van der Waals surface area contributed by atoms with E-state index in [1.54, 1.807) is 14.0 Å². The van der Waals surface area contributed by atoms with Gasteiger partial charge in [-0.2, -0.15) is 0 Å². The highest BCUT2D eigenvalue weighted by atomic mass is 16.7. The molecule has 4 saturated carbocycles. The van der Waals surface area contributed by atoms with E-state index in [2.05, 4.69) is 13.8 Å². The molecule has 5 rings (SSSR count). The summed E-state index contributed by atoms with van der Waals surface area (Å²) in [6, 6.07) is 0. The molecule has 0 amide bonds. The highest BCUT2D eigenvalue weighted by Crippen LogP contribution is 2.87. The molecule has 216 valence electrons. The first kappa shape index (κ1) is 30.8. The van der Waals surface area contributed by atoms with Crippen LogP contribution in [-0.2, 0) is 38.0 Å². The van der Waals surface area contributed by atoms with Gasteiger partial charge in [0, 0.05) is 26.6 Å². The first-order valence-corrected chi connectivity index (χ1v) is 14.1. The first-order chi connectivity index (χ1) is 17.4. The Morgan fingerprint density at radius 2 is 1.65 bits per heavy atom. The van der Waals surface area contributed by atoms with Crippen LogP contribution >= 0.6 is 0 Å². The molecule has 5 atom stereocenters. The fraction of sp³-hybridized carbons (Fsp3) is 0.966. The summed E-state index contributed by atoms with van der Waals surface area (Å²) in [6.45, 7) is 10.6. The van der Waals surface area contributed by atoms with Crippen LogP contribution in [0.5, 0.6) is 0 Å². The Labute approximate surface area is 224 Å². The Morgan fingerprint density at radius 3 is 2.22 bits per heavy atom. The van der Waals surface area contributed by atoms with Crippen molar-refractivity contribution in [1.29, 1.82) is 0 Å². The van der Waals surface area contributed by atoms with Gasteiger partial charge in [-0.3, -0.25) is 4.79 Å². The highest BCUT2D eigenvalue weighted by molar-refractivity contribution is 5.77. The van der Waals surface area contributed by atoms with Gasteiger partial charge >= 0.3 is 5.97 Å². The normalized spacial score (nSPS) is 35.9. The fourth-order valence-corrected chi connectivity index (χ4v) is 7.49. The Kier molecular flexibility index (Phi) is 10.5. The number of hydrogen-bond donors (Lipinski definition) is 0. The van der Waals surface area contributed by atoms with Crippen LogP contribution in [0.1, 0.15) is 86.5 Å². The minimum absolute atomic E-state index is 0. The number of ether oxygens (including phenoxy) is 7. The smallest absolute Gasteiger partial charge is 0.319 e. The second-order valence-electron chi connectivity index (χ2n) is 11.5. The van der Waals surface area contributed by atoms with E-state index in [1.807, 2.05) is 6.92 Å². The van der Waals surface area contributed by atoms with Crippen LogP contribution in [0.15, 0.2) is 0 Å². The molecule has 0 radical (unpaired) electrons. The lowest BCUT2D eigenvalue weighted by molar-refractivity contribution is -0.318. The standard InChI is InChI=1S/C16H28O6.C12H20O2.CH4/c1-3-18-13-19-10-15(14(17)20-4-2)11-21-16(22-12-15)8-6-5-7-9-16;1-4-8-5-9-11(2,14-7-13-3)10-6-12(8,9)10;/h3-13H2,1-2H3;8-10H,4-7H2,1-3H3;1H4. The lowest BCUT2D eigenvalue weighted by Gasteiger charge is -2.63. The SMILES string of the molecule is C.CCC1CC2C(C)(OCOC)C3CC123.CCOCOCC1(C(=O)OCC)COC2(CCCCC2)OC1. The zero-order chi connectivity index (χ0) is 25.9. The van der Waals surface area contributed by atoms with E-state index in [-0.39, 0.29) is 45.6 Å². The summed E-state index contributed by atoms with van der Waals surface area (Å²) in [5.74, 6) is 1.89. The summed E-state index contributed by atoms with van der Waals surface area (Å²) in [7, 11) is 1.71. The van der Waals surface area contributed by atoms with Crippen LogP contribution in [0, 0.1) is 28.6 Å². The zero-order valence-corrected chi connectivity index (χ0v) is 23.1. The van der Waals surface area contributed by atoms with Gasteiger partial charge in [-0.1, -0.05) is 27.2 Å². The maximum atomic E-state index is 12.4. The van der Waals surface area contributed by atoms with Crippen LogP contribution in [0.3, 0.4) is 0 Å². The Balaban J connectivity index is 0.000000217. The fourth-order valence-electron chi connectivity index (χ4n) is 7.49. The van der Waals surface area contributed by atoms with E-state index in [0.29, 0.717) is 20.0 Å². The summed E-state index contributed by atoms with van der Waals surface area (Å²) in [5.41, 5.74) is 0.0225. The van der Waals surface area contributed by atoms with Crippen LogP contribution < -0.4 is 0 Å². The third-order valence-electron chi connectivity index (χ3n) is 9.64. The van der Waals surface area contributed by atoms with Crippen LogP contribution in [-0.4, -0.2) is 71.1 Å². The molecule has 5 aliphatic rings. The van der Waals surface area contributed by atoms with Gasteiger partial charge in [0.2, 0.25) is 0 Å². The number of carbonyl (C=O) groups is 1. The molecule has 37 heavy (non-hydrogen) atoms. The molecule has 1 aliphatic heterocycles. The van der Waals surface area contributed by atoms with Gasteiger partial charge in [0.15, 0.2) is 5.79 Å². The van der Waals surface area contributed by atoms with Crippen molar-refractivity contribution in [3.63, 3.8) is 0 Å². The second-order valence-corrected chi connectivity index (χ2v) is 11.5. The predicted molar refractivity (Wildman–Crippen MR) is 140 cm³/mol. The number of methoxy groups -OCH3 is 1. The third kappa shape index (κ3) is 5.62. The molecule has 5 unspecified atom stereocenters. The lowest BCUT2D eigenvalue weighted by Crippen LogP contribution is -2.64. The van der Waals surface area contributed by atoms with Crippen LogP contribution in [0.4, 0.5) is 0 Å². The third-order valence-corrected chi connectivity index (χ3v) is 9.64. The maximum Gasteiger partial charge on any atom is 0.319 e. The average molecular weight is 529 g/mol. The quantitative estimate of drug-likeness (QED) is 0.202. The molecule has 8 nitrogen and oxygen atoms in total. The number of hydrogen-bond acceptors (Lipinski definition) is 8. The molecule has 8 heteroatoms. The van der Waals surface area contributed by atoms with E-state index in [4.69, 9.17) is 33.2 Å². The van der Waals surface area contributed by atoms with Crippen molar-refractivity contribution < 1.29 is 38.0 Å². The van der Waals surface area contributed by atoms with Gasteiger partial charge in [0.1, 0.15) is 19.0 Å². The number of carbonyl (C=O) groups excluding carboxylic acids is 1. The second kappa shape index (κ2) is 12.6. The highest BCUT2D eigenvalue weighted by Gasteiger charge is 2.86. The van der Waals surface area contributed by atoms with Crippen molar-refractivity contribution in [3.8, 4) is 0 Å². The van der Waals surface area contributed by atoms with Crippen LogP contribution in [0.25, 0.3) is 0 Å². The molecular formula is C29H52O8. The summed E-state index contributed by atoms with van der Waals surface area (Å²) in [4.78, 5) is 12.4. The predicted octanol–water partition coefficient (Wildman–Crippen LogP) is 5.32. The van der Waals surface area contributed by atoms with E-state index in [9.17, 15) is 4.79 Å². The van der Waals surface area contributed by atoms with Gasteiger partial charge in [-0.25, -0.2) is 0 Å². The topological polar surface area (TPSA) is 81.7 Å². The molecule has 4 aliphatic carbocycles. The largest absolute Gasteiger partial charge is 0.465 e. The van der Waals surface area contributed by atoms with Crippen molar-refractivity contribution in [2.75, 3.05) is 53.7 Å². The molecule has 0 N–H and O–H groups in total.